The van der Waals surface area contributed by atoms with Crippen LogP contribution in [0, 0.1) is 0 Å². The van der Waals surface area contributed by atoms with Crippen molar-refractivity contribution < 1.29 is 9.53 Å². The van der Waals surface area contributed by atoms with Crippen molar-refractivity contribution in [2.24, 2.45) is 0 Å². The van der Waals surface area contributed by atoms with Gasteiger partial charge in [0.15, 0.2) is 0 Å². The van der Waals surface area contributed by atoms with Crippen LogP contribution in [-0.4, -0.2) is 25.2 Å². The van der Waals surface area contributed by atoms with Gasteiger partial charge in [-0.05, 0) is 6.92 Å². The number of hydrogen-bond donors (Lipinski definition) is 1. The molecule has 64 valence electrons. The van der Waals surface area contributed by atoms with Crippen LogP contribution in [0.5, 0.6) is 0 Å². The number of rotatable bonds is 1. The lowest BCUT2D eigenvalue weighted by Crippen LogP contribution is -2.45. The predicted molar refractivity (Wildman–Crippen MR) is 44.8 cm³/mol. The molecular formula is C7H12ClNO2. The number of halogens is 1. The second kappa shape index (κ2) is 3.74. The number of carbonyl (C=O) groups excluding carboxylic acids is 1. The Hall–Kier alpha value is -0.540. The third-order valence-corrected chi connectivity index (χ3v) is 1.65. The zero-order valence-electron chi connectivity index (χ0n) is 6.59. The minimum Gasteiger partial charge on any atom is -0.467 e. The van der Waals surface area contributed by atoms with Gasteiger partial charge in [0.05, 0.1) is 7.11 Å². The number of carbonyl (C=O) groups is 1. The van der Waals surface area contributed by atoms with E-state index in [-0.39, 0.29) is 18.4 Å². The molecule has 3 nitrogen and oxygen atoms in total. The summed E-state index contributed by atoms with van der Waals surface area (Å²) in [6.45, 7) is 2.54. The molecule has 1 heterocycles. The molecule has 1 N–H and O–H groups in total. The van der Waals surface area contributed by atoms with E-state index in [2.05, 4.69) is 10.1 Å². The molecule has 4 heteroatoms. The number of nitrogens with one attached hydrogen (secondary N) is 1. The molecule has 1 atom stereocenters. The Morgan fingerprint density at radius 1 is 1.73 bits per heavy atom. The molecule has 1 rings (SSSR count). The third-order valence-electron chi connectivity index (χ3n) is 1.65. The lowest BCUT2D eigenvalue weighted by Gasteiger charge is -2.18. The number of esters is 1. The van der Waals surface area contributed by atoms with Crippen LogP contribution in [0.25, 0.3) is 0 Å². The van der Waals surface area contributed by atoms with Crippen LogP contribution in [0.2, 0.25) is 0 Å². The van der Waals surface area contributed by atoms with Crippen molar-refractivity contribution in [2.75, 3.05) is 13.7 Å². The maximum absolute atomic E-state index is 11.0. The Kier molecular flexibility index (Phi) is 3.55. The van der Waals surface area contributed by atoms with E-state index >= 15 is 0 Å². The first kappa shape index (κ1) is 10.5. The summed E-state index contributed by atoms with van der Waals surface area (Å²) in [6.07, 6.45) is 3.73. The molecule has 0 fully saturated rings. The van der Waals surface area contributed by atoms with Gasteiger partial charge in [0.25, 0.3) is 0 Å². The van der Waals surface area contributed by atoms with Gasteiger partial charge in [0, 0.05) is 6.54 Å². The van der Waals surface area contributed by atoms with Crippen molar-refractivity contribution in [3.63, 3.8) is 0 Å². The van der Waals surface area contributed by atoms with Crippen LogP contribution in [0.15, 0.2) is 12.2 Å². The summed E-state index contributed by atoms with van der Waals surface area (Å²) in [6, 6.07) is 0. The Balaban J connectivity index is 0.000001000. The Labute approximate surface area is 72.2 Å². The highest BCUT2D eigenvalue weighted by Gasteiger charge is 2.32. The summed E-state index contributed by atoms with van der Waals surface area (Å²) in [5, 5.41) is 3.00. The molecule has 0 saturated carbocycles. The fourth-order valence-corrected chi connectivity index (χ4v) is 0.977. The average molecular weight is 178 g/mol. The molecular weight excluding hydrogens is 166 g/mol. The molecule has 0 radical (unpaired) electrons. The first-order valence-electron chi connectivity index (χ1n) is 3.20. The third kappa shape index (κ3) is 1.94. The molecule has 0 aromatic rings. The molecule has 0 saturated heterocycles. The number of methoxy groups -OCH3 is 1. The summed E-state index contributed by atoms with van der Waals surface area (Å²) in [4.78, 5) is 11.0. The highest BCUT2D eigenvalue weighted by molar-refractivity contribution is 5.85. The van der Waals surface area contributed by atoms with Crippen molar-refractivity contribution in [3.05, 3.63) is 12.2 Å². The summed E-state index contributed by atoms with van der Waals surface area (Å²) < 4.78 is 4.58. The molecule has 1 unspecified atom stereocenters. The smallest absolute Gasteiger partial charge is 0.329 e. The second-order valence-corrected chi connectivity index (χ2v) is 2.48. The predicted octanol–water partition coefficient (Wildman–Crippen LogP) is 0.499. The van der Waals surface area contributed by atoms with Gasteiger partial charge in [-0.15, -0.1) is 12.4 Å². The first-order valence-corrected chi connectivity index (χ1v) is 3.20. The molecule has 0 spiro atoms. The van der Waals surface area contributed by atoms with E-state index in [4.69, 9.17) is 0 Å². The van der Waals surface area contributed by atoms with Gasteiger partial charge in [-0.25, -0.2) is 4.79 Å². The maximum atomic E-state index is 11.0. The summed E-state index contributed by atoms with van der Waals surface area (Å²) in [5.74, 6) is -0.235. The fraction of sp³-hybridized carbons (Fsp3) is 0.571. The lowest BCUT2D eigenvalue weighted by molar-refractivity contribution is -0.145. The quantitative estimate of drug-likeness (QED) is 0.468. The maximum Gasteiger partial charge on any atom is 0.329 e. The van der Waals surface area contributed by atoms with Crippen LogP contribution in [0.1, 0.15) is 6.92 Å². The van der Waals surface area contributed by atoms with Crippen molar-refractivity contribution in [1.82, 2.24) is 5.32 Å². The van der Waals surface area contributed by atoms with Gasteiger partial charge < -0.3 is 4.74 Å². The minimum absolute atomic E-state index is 0. The standard InChI is InChI=1S/C7H11NO2.ClH/c1-7(6(9)10-2)4-3-5-8-7;/h3-4,8H,5H2,1-2H3;1H. The highest BCUT2D eigenvalue weighted by atomic mass is 35.5. The van der Waals surface area contributed by atoms with E-state index < -0.39 is 5.54 Å². The summed E-state index contributed by atoms with van der Waals surface area (Å²) >= 11 is 0. The average Bonchev–Trinajstić information content (AvgIpc) is 2.36. The van der Waals surface area contributed by atoms with Gasteiger partial charge in [0.2, 0.25) is 0 Å². The molecule has 0 amide bonds. The van der Waals surface area contributed by atoms with Crippen molar-refractivity contribution in [3.8, 4) is 0 Å². The number of ether oxygens (including phenoxy) is 1. The second-order valence-electron chi connectivity index (χ2n) is 2.48. The highest BCUT2D eigenvalue weighted by Crippen LogP contribution is 2.11. The molecule has 0 aromatic heterocycles. The number of hydrogen-bond acceptors (Lipinski definition) is 3. The molecule has 0 aromatic carbocycles. The Bertz CT molecular complexity index is 181. The van der Waals surface area contributed by atoms with E-state index in [1.54, 1.807) is 6.92 Å². The van der Waals surface area contributed by atoms with Crippen molar-refractivity contribution in [1.29, 1.82) is 0 Å². The topological polar surface area (TPSA) is 38.3 Å². The van der Waals surface area contributed by atoms with Gasteiger partial charge >= 0.3 is 5.97 Å². The van der Waals surface area contributed by atoms with Gasteiger partial charge in [-0.2, -0.15) is 0 Å². The van der Waals surface area contributed by atoms with Gasteiger partial charge in [0.1, 0.15) is 5.54 Å². The van der Waals surface area contributed by atoms with Crippen molar-refractivity contribution in [2.45, 2.75) is 12.5 Å². The normalized spacial score (nSPS) is 27.8. The first-order chi connectivity index (χ1) is 4.69. The van der Waals surface area contributed by atoms with E-state index in [0.29, 0.717) is 0 Å². The lowest BCUT2D eigenvalue weighted by atomic mass is 10.1. The van der Waals surface area contributed by atoms with Crippen LogP contribution < -0.4 is 5.32 Å². The van der Waals surface area contributed by atoms with Crippen LogP contribution >= 0.6 is 12.4 Å². The van der Waals surface area contributed by atoms with E-state index in [1.807, 2.05) is 12.2 Å². The molecule has 0 bridgehead atoms. The van der Waals surface area contributed by atoms with E-state index in [0.717, 1.165) is 6.54 Å². The fourth-order valence-electron chi connectivity index (χ4n) is 0.977. The molecule has 1 aliphatic heterocycles. The zero-order chi connectivity index (χ0) is 7.61. The monoisotopic (exact) mass is 177 g/mol. The summed E-state index contributed by atoms with van der Waals surface area (Å²) in [5.41, 5.74) is -0.589. The van der Waals surface area contributed by atoms with E-state index in [9.17, 15) is 4.79 Å². The molecule has 0 aliphatic carbocycles. The SMILES string of the molecule is COC(=O)C1(C)C=CCN1.Cl. The zero-order valence-corrected chi connectivity index (χ0v) is 7.40. The Morgan fingerprint density at radius 3 is 2.73 bits per heavy atom. The minimum atomic E-state index is -0.589. The van der Waals surface area contributed by atoms with Crippen molar-refractivity contribution >= 4 is 18.4 Å². The summed E-state index contributed by atoms with van der Waals surface area (Å²) in [7, 11) is 1.39. The largest absolute Gasteiger partial charge is 0.467 e. The van der Waals surface area contributed by atoms with Crippen LogP contribution in [-0.2, 0) is 9.53 Å². The molecule has 11 heavy (non-hydrogen) atoms. The molecule has 1 aliphatic rings. The van der Waals surface area contributed by atoms with Crippen LogP contribution in [0.3, 0.4) is 0 Å². The van der Waals surface area contributed by atoms with Gasteiger partial charge in [-0.3, -0.25) is 5.32 Å². The van der Waals surface area contributed by atoms with E-state index in [1.165, 1.54) is 7.11 Å². The Morgan fingerprint density at radius 2 is 2.36 bits per heavy atom. The van der Waals surface area contributed by atoms with Crippen LogP contribution in [0.4, 0.5) is 0 Å². The van der Waals surface area contributed by atoms with Gasteiger partial charge in [-0.1, -0.05) is 12.2 Å².